The van der Waals surface area contributed by atoms with Crippen LogP contribution in [0, 0.1) is 0 Å². The highest BCUT2D eigenvalue weighted by Crippen LogP contribution is 2.03. The van der Waals surface area contributed by atoms with E-state index in [4.69, 9.17) is 10.2 Å². The fourth-order valence-electron chi connectivity index (χ4n) is 1.70. The number of rotatable bonds is 8. The van der Waals surface area contributed by atoms with E-state index in [1.54, 1.807) is 24.3 Å². The van der Waals surface area contributed by atoms with Gasteiger partial charge in [0, 0.05) is 19.4 Å². The summed E-state index contributed by atoms with van der Waals surface area (Å²) in [7, 11) is 0. The molecule has 7 nitrogen and oxygen atoms in total. The second-order valence-corrected chi connectivity index (χ2v) is 4.48. The largest absolute Gasteiger partial charge is 0.481 e. The second kappa shape index (κ2) is 8.57. The van der Waals surface area contributed by atoms with Crippen LogP contribution in [0.25, 0.3) is 0 Å². The van der Waals surface area contributed by atoms with Crippen LogP contribution in [-0.2, 0) is 16.0 Å². The van der Waals surface area contributed by atoms with Crippen molar-refractivity contribution in [2.75, 3.05) is 6.54 Å². The lowest BCUT2D eigenvalue weighted by Gasteiger charge is -2.15. The lowest BCUT2D eigenvalue weighted by Crippen LogP contribution is -2.47. The molecule has 2 amide bonds. The summed E-state index contributed by atoms with van der Waals surface area (Å²) in [4.78, 5) is 33.0. The number of carboxylic acids is 2. The molecule has 21 heavy (non-hydrogen) atoms. The Bertz CT molecular complexity index is 489. The topological polar surface area (TPSA) is 116 Å². The average molecular weight is 294 g/mol. The lowest BCUT2D eigenvalue weighted by molar-refractivity contribution is -0.139. The van der Waals surface area contributed by atoms with E-state index in [-0.39, 0.29) is 19.4 Å². The highest BCUT2D eigenvalue weighted by Gasteiger charge is 2.20. The molecule has 1 atom stereocenters. The molecule has 0 saturated carbocycles. The Morgan fingerprint density at radius 2 is 1.76 bits per heavy atom. The number of amides is 2. The van der Waals surface area contributed by atoms with Crippen LogP contribution in [0.2, 0.25) is 0 Å². The molecule has 0 saturated heterocycles. The van der Waals surface area contributed by atoms with E-state index in [1.165, 1.54) is 0 Å². The fourth-order valence-corrected chi connectivity index (χ4v) is 1.70. The van der Waals surface area contributed by atoms with Gasteiger partial charge >= 0.3 is 18.0 Å². The van der Waals surface area contributed by atoms with Gasteiger partial charge in [0.05, 0.1) is 0 Å². The van der Waals surface area contributed by atoms with Crippen molar-refractivity contribution in [3.05, 3.63) is 35.9 Å². The summed E-state index contributed by atoms with van der Waals surface area (Å²) in [5.41, 5.74) is 0.802. The van der Waals surface area contributed by atoms with Gasteiger partial charge in [-0.2, -0.15) is 0 Å². The summed E-state index contributed by atoms with van der Waals surface area (Å²) < 4.78 is 0. The van der Waals surface area contributed by atoms with Crippen LogP contribution >= 0.6 is 0 Å². The van der Waals surface area contributed by atoms with Crippen molar-refractivity contribution in [2.24, 2.45) is 0 Å². The van der Waals surface area contributed by atoms with Crippen LogP contribution in [0.4, 0.5) is 4.79 Å². The molecule has 7 heteroatoms. The summed E-state index contributed by atoms with van der Waals surface area (Å²) in [6.07, 6.45) is 0.421. The van der Waals surface area contributed by atoms with Gasteiger partial charge in [0.15, 0.2) is 0 Å². The highest BCUT2D eigenvalue weighted by molar-refractivity contribution is 5.82. The number of benzene rings is 1. The maximum Gasteiger partial charge on any atom is 0.326 e. The minimum absolute atomic E-state index is 0.0490. The van der Waals surface area contributed by atoms with Crippen molar-refractivity contribution in [1.82, 2.24) is 10.6 Å². The molecule has 0 bridgehead atoms. The first-order valence-corrected chi connectivity index (χ1v) is 6.52. The van der Waals surface area contributed by atoms with Gasteiger partial charge < -0.3 is 20.8 Å². The van der Waals surface area contributed by atoms with Crippen LogP contribution in [0.3, 0.4) is 0 Å². The van der Waals surface area contributed by atoms with Crippen LogP contribution in [0.5, 0.6) is 0 Å². The Morgan fingerprint density at radius 1 is 1.10 bits per heavy atom. The van der Waals surface area contributed by atoms with Gasteiger partial charge in [-0.1, -0.05) is 30.3 Å². The van der Waals surface area contributed by atoms with E-state index in [0.717, 1.165) is 5.56 Å². The molecule has 1 aromatic carbocycles. The Kier molecular flexibility index (Phi) is 6.73. The Hall–Kier alpha value is -2.57. The van der Waals surface area contributed by atoms with Gasteiger partial charge in [0.25, 0.3) is 0 Å². The molecule has 0 spiro atoms. The summed E-state index contributed by atoms with van der Waals surface area (Å²) in [6, 6.07) is 7.31. The van der Waals surface area contributed by atoms with Gasteiger partial charge in [-0.25, -0.2) is 9.59 Å². The number of urea groups is 1. The highest BCUT2D eigenvalue weighted by atomic mass is 16.4. The van der Waals surface area contributed by atoms with Crippen molar-refractivity contribution in [3.8, 4) is 0 Å². The monoisotopic (exact) mass is 294 g/mol. The maximum absolute atomic E-state index is 11.6. The van der Waals surface area contributed by atoms with E-state index in [9.17, 15) is 14.4 Å². The number of carboxylic acid groups (broad SMARTS) is 2. The van der Waals surface area contributed by atoms with Gasteiger partial charge in [0.1, 0.15) is 6.04 Å². The molecule has 114 valence electrons. The van der Waals surface area contributed by atoms with Gasteiger partial charge in [-0.3, -0.25) is 4.79 Å². The second-order valence-electron chi connectivity index (χ2n) is 4.48. The van der Waals surface area contributed by atoms with Crippen molar-refractivity contribution in [1.29, 1.82) is 0 Å². The third-order valence-corrected chi connectivity index (χ3v) is 2.74. The fraction of sp³-hybridized carbons (Fsp3) is 0.357. The number of hydrogen-bond donors (Lipinski definition) is 4. The molecule has 1 aromatic rings. The number of carbonyl (C=O) groups excluding carboxylic acids is 1. The number of carbonyl (C=O) groups is 3. The molecule has 4 N–H and O–H groups in total. The predicted octanol–water partition coefficient (Wildman–Crippen LogP) is 0.846. The van der Waals surface area contributed by atoms with E-state index in [0.29, 0.717) is 6.42 Å². The minimum Gasteiger partial charge on any atom is -0.481 e. The molecule has 0 aliphatic rings. The first kappa shape index (κ1) is 16.5. The molecular weight excluding hydrogens is 276 g/mol. The van der Waals surface area contributed by atoms with Crippen molar-refractivity contribution in [3.63, 3.8) is 0 Å². The average Bonchev–Trinajstić information content (AvgIpc) is 2.44. The summed E-state index contributed by atoms with van der Waals surface area (Å²) in [5.74, 6) is -2.07. The lowest BCUT2D eigenvalue weighted by atomic mass is 10.1. The molecule has 0 aliphatic heterocycles. The van der Waals surface area contributed by atoms with E-state index in [2.05, 4.69) is 10.6 Å². The number of hydrogen-bond acceptors (Lipinski definition) is 3. The standard InChI is InChI=1S/C14H18N2O5/c17-12(18)7-4-8-15-14(21)16-11(13(19)20)9-10-5-2-1-3-6-10/h1-3,5-6,11H,4,7-9H2,(H,17,18)(H,19,20)(H2,15,16,21)/t11-/m0/s1. The van der Waals surface area contributed by atoms with Crippen molar-refractivity contribution >= 4 is 18.0 Å². The van der Waals surface area contributed by atoms with Crippen LogP contribution in [-0.4, -0.2) is 40.8 Å². The molecule has 0 fully saturated rings. The first-order chi connectivity index (χ1) is 9.99. The first-order valence-electron chi connectivity index (χ1n) is 6.52. The van der Waals surface area contributed by atoms with Crippen LogP contribution < -0.4 is 10.6 Å². The Labute approximate surface area is 122 Å². The van der Waals surface area contributed by atoms with Crippen molar-refractivity contribution < 1.29 is 24.6 Å². The van der Waals surface area contributed by atoms with Crippen LogP contribution in [0.15, 0.2) is 30.3 Å². The maximum atomic E-state index is 11.6. The Balaban J connectivity index is 2.41. The predicted molar refractivity (Wildman–Crippen MR) is 75.0 cm³/mol. The number of aliphatic carboxylic acids is 2. The quantitative estimate of drug-likeness (QED) is 0.530. The summed E-state index contributed by atoms with van der Waals surface area (Å²) in [5, 5.41) is 22.4. The molecular formula is C14H18N2O5. The molecule has 0 aliphatic carbocycles. The van der Waals surface area contributed by atoms with Gasteiger partial charge in [-0.15, -0.1) is 0 Å². The molecule has 0 radical (unpaired) electrons. The Morgan fingerprint density at radius 3 is 2.33 bits per heavy atom. The van der Waals surface area contributed by atoms with Crippen molar-refractivity contribution in [2.45, 2.75) is 25.3 Å². The van der Waals surface area contributed by atoms with E-state index >= 15 is 0 Å². The third-order valence-electron chi connectivity index (χ3n) is 2.74. The summed E-state index contributed by atoms with van der Waals surface area (Å²) >= 11 is 0. The number of nitrogens with one attached hydrogen (secondary N) is 2. The SMILES string of the molecule is O=C(O)CCCNC(=O)N[C@@H](Cc1ccccc1)C(=O)O. The zero-order valence-corrected chi connectivity index (χ0v) is 11.4. The zero-order chi connectivity index (χ0) is 15.7. The third kappa shape index (κ3) is 6.95. The molecule has 0 aromatic heterocycles. The normalized spacial score (nSPS) is 11.4. The molecule has 1 rings (SSSR count). The molecule has 0 unspecified atom stereocenters. The minimum atomic E-state index is -1.13. The van der Waals surface area contributed by atoms with Gasteiger partial charge in [0.2, 0.25) is 0 Å². The molecule has 0 heterocycles. The van der Waals surface area contributed by atoms with E-state index < -0.39 is 24.0 Å². The van der Waals surface area contributed by atoms with E-state index in [1.807, 2.05) is 6.07 Å². The smallest absolute Gasteiger partial charge is 0.326 e. The summed E-state index contributed by atoms with van der Waals surface area (Å²) in [6.45, 7) is 0.176. The van der Waals surface area contributed by atoms with Gasteiger partial charge in [-0.05, 0) is 12.0 Å². The van der Waals surface area contributed by atoms with Crippen LogP contribution in [0.1, 0.15) is 18.4 Å². The zero-order valence-electron chi connectivity index (χ0n) is 11.4.